The van der Waals surface area contributed by atoms with E-state index >= 15 is 0 Å². The lowest BCUT2D eigenvalue weighted by atomic mass is 9.55. The van der Waals surface area contributed by atoms with Crippen molar-refractivity contribution in [2.75, 3.05) is 11.9 Å². The number of halogens is 2. The van der Waals surface area contributed by atoms with Crippen LogP contribution in [0.3, 0.4) is 0 Å². The molecule has 4 rings (SSSR count). The number of amides is 2. The Labute approximate surface area is 217 Å². The van der Waals surface area contributed by atoms with Crippen molar-refractivity contribution in [1.82, 2.24) is 10.3 Å². The second kappa shape index (κ2) is 10.5. The number of benzene rings is 1. The zero-order valence-corrected chi connectivity index (χ0v) is 21.9. The second-order valence-electron chi connectivity index (χ2n) is 11.4. The van der Waals surface area contributed by atoms with Crippen molar-refractivity contribution in [3.05, 3.63) is 59.1 Å². The molecule has 5 unspecified atom stereocenters. The monoisotopic (exact) mass is 514 g/mol. The van der Waals surface area contributed by atoms with Gasteiger partial charge in [0.25, 0.3) is 0 Å². The van der Waals surface area contributed by atoms with Gasteiger partial charge in [0.1, 0.15) is 5.82 Å². The van der Waals surface area contributed by atoms with Crippen LogP contribution in [0.25, 0.3) is 0 Å². The molecule has 0 spiro atoms. The number of hydrogen-bond acceptors (Lipinski definition) is 4. The first-order chi connectivity index (χ1) is 17.0. The fraction of sp³-hybridized carbons (Fsp3) is 0.536. The van der Waals surface area contributed by atoms with Crippen molar-refractivity contribution in [1.29, 1.82) is 0 Å². The number of nitrogens with one attached hydrogen (secondary N) is 2. The fourth-order valence-electron chi connectivity index (χ4n) is 6.42. The van der Waals surface area contributed by atoms with Crippen LogP contribution in [0.5, 0.6) is 0 Å². The molecule has 2 aliphatic carbocycles. The van der Waals surface area contributed by atoms with Crippen LogP contribution in [0.2, 0.25) is 5.02 Å². The summed E-state index contributed by atoms with van der Waals surface area (Å²) in [4.78, 5) is 30.6. The molecule has 6 nitrogen and oxygen atoms in total. The standard InChI is InChI=1S/C28H36ClFN4O2/c1-17-10-18-11-19(15-28(13-17,14-18)26(36)34-21-6-8-32-9-7-21)24(31)16-33-25(35)27(2,3)22-5-4-20(29)12-23(22)30/h4-9,12,17-19,24H,10-11,13-16,31H2,1-3H3,(H,33,35)(H,32,34,36). The molecule has 1 aromatic carbocycles. The van der Waals surface area contributed by atoms with E-state index in [9.17, 15) is 14.0 Å². The van der Waals surface area contributed by atoms with Gasteiger partial charge >= 0.3 is 0 Å². The Balaban J connectivity index is 1.43. The molecule has 0 radical (unpaired) electrons. The average molecular weight is 515 g/mol. The summed E-state index contributed by atoms with van der Waals surface area (Å²) in [6.45, 7) is 5.86. The van der Waals surface area contributed by atoms with Crippen LogP contribution >= 0.6 is 11.6 Å². The van der Waals surface area contributed by atoms with Crippen LogP contribution in [0.15, 0.2) is 42.7 Å². The largest absolute Gasteiger partial charge is 0.354 e. The third-order valence-corrected chi connectivity index (χ3v) is 8.37. The van der Waals surface area contributed by atoms with Gasteiger partial charge < -0.3 is 16.4 Å². The molecular formula is C28H36ClFN4O2. The van der Waals surface area contributed by atoms with Gasteiger partial charge in [-0.15, -0.1) is 0 Å². The van der Waals surface area contributed by atoms with E-state index in [1.807, 2.05) is 0 Å². The predicted molar refractivity (Wildman–Crippen MR) is 140 cm³/mol. The Bertz CT molecular complexity index is 1110. The van der Waals surface area contributed by atoms with E-state index in [2.05, 4.69) is 22.5 Å². The summed E-state index contributed by atoms with van der Waals surface area (Å²) < 4.78 is 14.5. The first-order valence-corrected chi connectivity index (χ1v) is 13.1. The Morgan fingerprint density at radius 3 is 2.61 bits per heavy atom. The van der Waals surface area contributed by atoms with E-state index in [4.69, 9.17) is 17.3 Å². The van der Waals surface area contributed by atoms with Crippen molar-refractivity contribution in [3.8, 4) is 0 Å². The molecular weight excluding hydrogens is 479 g/mol. The SMILES string of the molecule is CC1CC2CC(C(N)CNC(=O)C(C)(C)c3ccc(Cl)cc3F)CC(C(=O)Nc3ccncc3)(C1)C2. The summed E-state index contributed by atoms with van der Waals surface area (Å²) >= 11 is 5.88. The van der Waals surface area contributed by atoms with Gasteiger partial charge in [-0.05, 0) is 88.0 Å². The van der Waals surface area contributed by atoms with E-state index in [1.54, 1.807) is 50.5 Å². The number of carbonyl (C=O) groups is 2. The highest BCUT2D eigenvalue weighted by Gasteiger charge is 2.51. The lowest BCUT2D eigenvalue weighted by molar-refractivity contribution is -0.134. The molecule has 0 aliphatic heterocycles. The number of carbonyl (C=O) groups excluding carboxylic acids is 2. The van der Waals surface area contributed by atoms with Gasteiger partial charge in [0.2, 0.25) is 11.8 Å². The highest BCUT2D eigenvalue weighted by Crippen LogP contribution is 2.53. The maximum Gasteiger partial charge on any atom is 0.230 e. The van der Waals surface area contributed by atoms with Crippen LogP contribution in [-0.2, 0) is 15.0 Å². The molecule has 1 heterocycles. The van der Waals surface area contributed by atoms with Crippen molar-refractivity contribution in [2.24, 2.45) is 28.9 Å². The van der Waals surface area contributed by atoms with Crippen LogP contribution in [0.1, 0.15) is 58.4 Å². The summed E-state index contributed by atoms with van der Waals surface area (Å²) in [6, 6.07) is 7.64. The molecule has 2 fully saturated rings. The van der Waals surface area contributed by atoms with Gasteiger partial charge in [-0.3, -0.25) is 14.6 Å². The number of aromatic nitrogens is 1. The first-order valence-electron chi connectivity index (χ1n) is 12.7. The van der Waals surface area contributed by atoms with Crippen molar-refractivity contribution in [2.45, 2.75) is 64.3 Å². The van der Waals surface area contributed by atoms with Crippen LogP contribution < -0.4 is 16.4 Å². The van der Waals surface area contributed by atoms with E-state index < -0.39 is 16.6 Å². The molecule has 4 N–H and O–H groups in total. The Morgan fingerprint density at radius 2 is 1.92 bits per heavy atom. The molecule has 8 heteroatoms. The molecule has 2 amide bonds. The van der Waals surface area contributed by atoms with Crippen LogP contribution in [0, 0.1) is 29.0 Å². The zero-order chi connectivity index (χ0) is 26.1. The van der Waals surface area contributed by atoms with E-state index in [-0.39, 0.29) is 40.9 Å². The lowest BCUT2D eigenvalue weighted by Gasteiger charge is -2.50. The summed E-state index contributed by atoms with van der Waals surface area (Å²) in [5.74, 6) is 0.244. The minimum atomic E-state index is -1.08. The van der Waals surface area contributed by atoms with Gasteiger partial charge in [0.15, 0.2) is 0 Å². The molecule has 2 saturated carbocycles. The highest BCUT2D eigenvalue weighted by atomic mass is 35.5. The maximum atomic E-state index is 14.5. The number of hydrogen-bond donors (Lipinski definition) is 3. The molecule has 0 saturated heterocycles. The predicted octanol–water partition coefficient (Wildman–Crippen LogP) is 5.07. The van der Waals surface area contributed by atoms with Gasteiger partial charge in [0.05, 0.1) is 10.8 Å². The summed E-state index contributed by atoms with van der Waals surface area (Å²) in [5, 5.41) is 6.33. The average Bonchev–Trinajstić information content (AvgIpc) is 2.81. The molecule has 1 aromatic heterocycles. The number of fused-ring (bicyclic) bond motifs is 2. The van der Waals surface area contributed by atoms with Crippen LogP contribution in [-0.4, -0.2) is 29.4 Å². The minimum absolute atomic E-state index is 0.0468. The molecule has 2 aliphatic rings. The number of nitrogens with zero attached hydrogens (tertiary/aromatic N) is 1. The Kier molecular flexibility index (Phi) is 7.72. The number of rotatable bonds is 7. The van der Waals surface area contributed by atoms with Gasteiger partial charge in [0, 0.05) is 41.3 Å². The summed E-state index contributed by atoms with van der Waals surface area (Å²) in [6.07, 6.45) is 7.75. The fourth-order valence-corrected chi connectivity index (χ4v) is 6.58. The number of pyridine rings is 1. The normalized spacial score (nSPS) is 26.7. The summed E-state index contributed by atoms with van der Waals surface area (Å²) in [7, 11) is 0. The molecule has 5 atom stereocenters. The topological polar surface area (TPSA) is 97.1 Å². The number of nitrogens with two attached hydrogens (primary N) is 1. The van der Waals surface area contributed by atoms with Gasteiger partial charge in [-0.1, -0.05) is 24.6 Å². The smallest absolute Gasteiger partial charge is 0.230 e. The molecule has 194 valence electrons. The maximum absolute atomic E-state index is 14.5. The van der Waals surface area contributed by atoms with E-state index in [0.29, 0.717) is 18.3 Å². The van der Waals surface area contributed by atoms with Gasteiger partial charge in [-0.2, -0.15) is 0 Å². The second-order valence-corrected chi connectivity index (χ2v) is 11.8. The summed E-state index contributed by atoms with van der Waals surface area (Å²) in [5.41, 5.74) is 6.10. The van der Waals surface area contributed by atoms with E-state index in [0.717, 1.165) is 31.4 Å². The Morgan fingerprint density at radius 1 is 1.19 bits per heavy atom. The third-order valence-electron chi connectivity index (χ3n) is 8.14. The molecule has 2 aromatic rings. The van der Waals surface area contributed by atoms with Crippen molar-refractivity contribution >= 4 is 29.1 Å². The molecule has 36 heavy (non-hydrogen) atoms. The minimum Gasteiger partial charge on any atom is -0.354 e. The first kappa shape index (κ1) is 26.6. The molecule has 2 bridgehead atoms. The van der Waals surface area contributed by atoms with Crippen molar-refractivity contribution in [3.63, 3.8) is 0 Å². The van der Waals surface area contributed by atoms with Crippen LogP contribution in [0.4, 0.5) is 10.1 Å². The third kappa shape index (κ3) is 5.57. The lowest BCUT2D eigenvalue weighted by Crippen LogP contribution is -2.53. The van der Waals surface area contributed by atoms with Crippen molar-refractivity contribution < 1.29 is 14.0 Å². The van der Waals surface area contributed by atoms with Gasteiger partial charge in [-0.25, -0.2) is 4.39 Å². The zero-order valence-electron chi connectivity index (χ0n) is 21.2. The Hall–Kier alpha value is -2.51. The number of anilines is 1. The van der Waals surface area contributed by atoms with E-state index in [1.165, 1.54) is 6.07 Å². The quantitative estimate of drug-likeness (QED) is 0.480. The highest BCUT2D eigenvalue weighted by molar-refractivity contribution is 6.30.